The van der Waals surface area contributed by atoms with Gasteiger partial charge in [-0.25, -0.2) is 0 Å². The maximum Gasteiger partial charge on any atom is 0.100 e. The lowest BCUT2D eigenvalue weighted by Crippen LogP contribution is -2.09. The average Bonchev–Trinajstić information content (AvgIpc) is 3.82. The highest BCUT2D eigenvalue weighted by atomic mass is 15.1. The van der Waals surface area contributed by atoms with E-state index in [0.717, 1.165) is 72.8 Å². The summed E-state index contributed by atoms with van der Waals surface area (Å²) in [7, 11) is 0. The summed E-state index contributed by atoms with van der Waals surface area (Å²) in [6.07, 6.45) is 0. The van der Waals surface area contributed by atoms with E-state index in [2.05, 4.69) is 238 Å². The van der Waals surface area contributed by atoms with E-state index < -0.39 is 0 Å². The molecular weight excluding hydrogens is 717 g/mol. The van der Waals surface area contributed by atoms with E-state index in [1.807, 2.05) is 0 Å². The van der Waals surface area contributed by atoms with E-state index in [4.69, 9.17) is 0 Å². The van der Waals surface area contributed by atoms with E-state index >= 15 is 0 Å². The van der Waals surface area contributed by atoms with Gasteiger partial charge in [-0.1, -0.05) is 140 Å². The first-order valence-electron chi connectivity index (χ1n) is 19.9. The molecular formula is C55H36N4. The number of aromatic nitrogens is 2. The number of nitriles is 1. The van der Waals surface area contributed by atoms with Crippen molar-refractivity contribution in [1.82, 2.24) is 9.13 Å². The first kappa shape index (κ1) is 34.1. The fraction of sp³-hybridized carbons (Fsp3) is 0. The Bertz CT molecular complexity index is 3310. The van der Waals surface area contributed by atoms with Crippen molar-refractivity contribution < 1.29 is 0 Å². The van der Waals surface area contributed by atoms with Crippen LogP contribution in [0, 0.1) is 11.3 Å². The summed E-state index contributed by atoms with van der Waals surface area (Å²) in [6.45, 7) is 0. The van der Waals surface area contributed by atoms with E-state index in [1.54, 1.807) is 0 Å². The molecule has 11 aromatic rings. The van der Waals surface area contributed by atoms with Gasteiger partial charge in [-0.05, 0) is 84.4 Å². The number of para-hydroxylation sites is 6. The molecule has 11 rings (SSSR count). The lowest BCUT2D eigenvalue weighted by atomic mass is 9.91. The number of hydrogen-bond donors (Lipinski definition) is 0. The molecule has 0 fully saturated rings. The summed E-state index contributed by atoms with van der Waals surface area (Å²) < 4.78 is 4.68. The molecule has 0 radical (unpaired) electrons. The van der Waals surface area contributed by atoms with E-state index in [-0.39, 0.29) is 0 Å². The van der Waals surface area contributed by atoms with Gasteiger partial charge in [0.1, 0.15) is 6.07 Å². The molecule has 0 atom stereocenters. The summed E-state index contributed by atoms with van der Waals surface area (Å²) in [6, 6.07) is 79.5. The smallest absolute Gasteiger partial charge is 0.100 e. The lowest BCUT2D eigenvalue weighted by molar-refractivity contribution is 1.18. The van der Waals surface area contributed by atoms with Crippen LogP contribution in [-0.2, 0) is 0 Å². The van der Waals surface area contributed by atoms with Crippen LogP contribution < -0.4 is 4.90 Å². The lowest BCUT2D eigenvalue weighted by Gasteiger charge is -2.25. The molecule has 0 aliphatic carbocycles. The van der Waals surface area contributed by atoms with Gasteiger partial charge in [-0.3, -0.25) is 0 Å². The Morgan fingerprint density at radius 1 is 0.356 bits per heavy atom. The molecule has 0 unspecified atom stereocenters. The minimum Gasteiger partial charge on any atom is -0.310 e. The predicted octanol–water partition coefficient (Wildman–Crippen LogP) is 14.6. The molecule has 0 aliphatic heterocycles. The molecule has 9 aromatic carbocycles. The fourth-order valence-electron chi connectivity index (χ4n) is 9.01. The van der Waals surface area contributed by atoms with Crippen molar-refractivity contribution >= 4 is 60.7 Å². The molecule has 2 aromatic heterocycles. The van der Waals surface area contributed by atoms with Crippen LogP contribution in [0.4, 0.5) is 17.1 Å². The topological polar surface area (TPSA) is 36.9 Å². The number of anilines is 3. The second-order valence-corrected chi connectivity index (χ2v) is 14.8. The van der Waals surface area contributed by atoms with Gasteiger partial charge >= 0.3 is 0 Å². The van der Waals surface area contributed by atoms with Gasteiger partial charge in [-0.2, -0.15) is 5.26 Å². The maximum absolute atomic E-state index is 11.0. The maximum atomic E-state index is 11.0. The zero-order valence-corrected chi connectivity index (χ0v) is 32.1. The third-order valence-corrected chi connectivity index (χ3v) is 11.5. The zero-order valence-electron chi connectivity index (χ0n) is 32.1. The van der Waals surface area contributed by atoms with Crippen LogP contribution in [0.2, 0.25) is 0 Å². The summed E-state index contributed by atoms with van der Waals surface area (Å²) in [5, 5.41) is 15.7. The van der Waals surface area contributed by atoms with Crippen LogP contribution in [0.5, 0.6) is 0 Å². The van der Waals surface area contributed by atoms with Gasteiger partial charge in [0.05, 0.1) is 33.3 Å². The summed E-state index contributed by atoms with van der Waals surface area (Å²) in [4.78, 5) is 2.31. The molecule has 4 heteroatoms. The average molecular weight is 753 g/mol. The zero-order chi connectivity index (χ0) is 39.3. The molecule has 0 amide bonds. The minimum absolute atomic E-state index is 0.645. The van der Waals surface area contributed by atoms with Crippen LogP contribution in [0.3, 0.4) is 0 Å². The SMILES string of the molecule is N#Cc1c(-c2cccc(-n3c4ccccc4c4cc(N(c5ccccc5)c5ccccc5)ccc43)c2)cccc1-c1ccccc1-n1c2ccccc2c2ccccc21. The van der Waals surface area contributed by atoms with Crippen molar-refractivity contribution in [3.63, 3.8) is 0 Å². The van der Waals surface area contributed by atoms with Crippen molar-refractivity contribution in [2.24, 2.45) is 0 Å². The van der Waals surface area contributed by atoms with Gasteiger partial charge in [0.2, 0.25) is 0 Å². The Kier molecular flexibility index (Phi) is 8.17. The van der Waals surface area contributed by atoms with Crippen LogP contribution in [0.25, 0.3) is 77.2 Å². The highest BCUT2D eigenvalue weighted by Crippen LogP contribution is 2.42. The standard InChI is InChI=1S/C55H36N4/c56-37-50-43(27-16-28-44(50)45-23-7-12-30-52(45)59-53-31-13-8-24-46(53)47-25-9-14-32-54(47)59)38-17-15-22-41(35-38)58-51-29-11-10-26-48(51)49-36-42(33-34-55(49)58)57(39-18-3-1-4-19-39)40-20-5-2-6-21-40/h1-36H. The molecule has 0 N–H and O–H groups in total. The monoisotopic (exact) mass is 752 g/mol. The highest BCUT2D eigenvalue weighted by molar-refractivity contribution is 6.11. The number of nitrogens with zero attached hydrogens (tertiary/aromatic N) is 4. The minimum atomic E-state index is 0.645. The van der Waals surface area contributed by atoms with E-state index in [9.17, 15) is 5.26 Å². The first-order valence-corrected chi connectivity index (χ1v) is 19.9. The van der Waals surface area contributed by atoms with Gasteiger partial charge in [-0.15, -0.1) is 0 Å². The molecule has 0 bridgehead atoms. The second kappa shape index (κ2) is 14.1. The third-order valence-electron chi connectivity index (χ3n) is 11.5. The molecule has 0 aliphatic rings. The van der Waals surface area contributed by atoms with Crippen molar-refractivity contribution in [1.29, 1.82) is 5.26 Å². The molecule has 59 heavy (non-hydrogen) atoms. The predicted molar refractivity (Wildman–Crippen MR) is 245 cm³/mol. The Balaban J connectivity index is 1.06. The number of benzene rings is 9. The van der Waals surface area contributed by atoms with Gasteiger partial charge in [0.25, 0.3) is 0 Å². The van der Waals surface area contributed by atoms with Gasteiger partial charge in [0.15, 0.2) is 0 Å². The normalized spacial score (nSPS) is 11.4. The highest BCUT2D eigenvalue weighted by Gasteiger charge is 2.21. The Labute approximate surface area is 342 Å². The van der Waals surface area contributed by atoms with Gasteiger partial charge < -0.3 is 14.0 Å². The number of fused-ring (bicyclic) bond motifs is 6. The third kappa shape index (κ3) is 5.60. The van der Waals surface area contributed by atoms with Crippen molar-refractivity contribution in [3.8, 4) is 39.7 Å². The quantitative estimate of drug-likeness (QED) is 0.163. The van der Waals surface area contributed by atoms with Crippen molar-refractivity contribution in [3.05, 3.63) is 224 Å². The summed E-state index contributed by atoms with van der Waals surface area (Å²) >= 11 is 0. The van der Waals surface area contributed by atoms with E-state index in [1.165, 1.54) is 21.5 Å². The van der Waals surface area contributed by atoms with Crippen molar-refractivity contribution in [2.45, 2.75) is 0 Å². The van der Waals surface area contributed by atoms with E-state index in [0.29, 0.717) is 5.56 Å². The van der Waals surface area contributed by atoms with Crippen LogP contribution in [-0.4, -0.2) is 9.13 Å². The largest absolute Gasteiger partial charge is 0.310 e. The summed E-state index contributed by atoms with van der Waals surface area (Å²) in [5.41, 5.74) is 14.3. The Hall–Kier alpha value is -8.13. The molecule has 0 saturated heterocycles. The first-order chi connectivity index (χ1) is 29.3. The van der Waals surface area contributed by atoms with Crippen LogP contribution in [0.1, 0.15) is 5.56 Å². The fourth-order valence-corrected chi connectivity index (χ4v) is 9.01. The molecule has 0 spiro atoms. The van der Waals surface area contributed by atoms with Crippen LogP contribution >= 0.6 is 0 Å². The molecule has 4 nitrogen and oxygen atoms in total. The summed E-state index contributed by atoms with van der Waals surface area (Å²) in [5.74, 6) is 0. The van der Waals surface area contributed by atoms with Gasteiger partial charge in [0, 0.05) is 61.0 Å². The molecule has 0 saturated carbocycles. The van der Waals surface area contributed by atoms with Crippen LogP contribution in [0.15, 0.2) is 218 Å². The molecule has 2 heterocycles. The number of rotatable bonds is 7. The number of hydrogen-bond acceptors (Lipinski definition) is 2. The van der Waals surface area contributed by atoms with Crippen molar-refractivity contribution in [2.75, 3.05) is 4.90 Å². The second-order valence-electron chi connectivity index (χ2n) is 14.8. The molecule has 276 valence electrons. The Morgan fingerprint density at radius 3 is 1.53 bits per heavy atom. The Morgan fingerprint density at radius 2 is 0.864 bits per heavy atom.